The second kappa shape index (κ2) is 4.44. The summed E-state index contributed by atoms with van der Waals surface area (Å²) in [7, 11) is 0. The fraction of sp³-hybridized carbons (Fsp3) is 0.154. The molecule has 2 aromatic heterocycles. The molecule has 1 atom stereocenters. The van der Waals surface area contributed by atoms with Gasteiger partial charge in [-0.15, -0.1) is 5.10 Å². The van der Waals surface area contributed by atoms with Crippen molar-refractivity contribution in [3.05, 3.63) is 48.7 Å². The maximum Gasteiger partial charge on any atom is 0.127 e. The molecule has 0 saturated heterocycles. The molecule has 0 aliphatic heterocycles. The van der Waals surface area contributed by atoms with E-state index >= 15 is 0 Å². The third kappa shape index (κ3) is 1.90. The van der Waals surface area contributed by atoms with Gasteiger partial charge in [0, 0.05) is 6.20 Å². The molecular weight excluding hydrogens is 226 g/mol. The van der Waals surface area contributed by atoms with Crippen LogP contribution in [0.5, 0.6) is 0 Å². The Morgan fingerprint density at radius 1 is 1.11 bits per heavy atom. The lowest BCUT2D eigenvalue weighted by molar-refractivity contribution is 0.540. The van der Waals surface area contributed by atoms with Gasteiger partial charge in [-0.1, -0.05) is 23.4 Å². The maximum absolute atomic E-state index is 4.24. The smallest absolute Gasteiger partial charge is 0.127 e. The third-order valence-corrected chi connectivity index (χ3v) is 2.77. The van der Waals surface area contributed by atoms with E-state index in [9.17, 15) is 0 Å². The number of fused-ring (bicyclic) bond motifs is 1. The van der Waals surface area contributed by atoms with Crippen LogP contribution in [0, 0.1) is 0 Å². The van der Waals surface area contributed by atoms with Crippen molar-refractivity contribution in [2.75, 3.05) is 5.32 Å². The van der Waals surface area contributed by atoms with Crippen LogP contribution in [0.25, 0.3) is 11.0 Å². The van der Waals surface area contributed by atoms with E-state index in [2.05, 4.69) is 20.6 Å². The van der Waals surface area contributed by atoms with Crippen LogP contribution in [0.1, 0.15) is 13.1 Å². The molecule has 0 saturated carbocycles. The summed E-state index contributed by atoms with van der Waals surface area (Å²) in [5.41, 5.74) is 1.90. The number of hydrogen-bond acceptors (Lipinski definition) is 4. The van der Waals surface area contributed by atoms with Gasteiger partial charge >= 0.3 is 0 Å². The first-order valence-electron chi connectivity index (χ1n) is 5.82. The molecule has 0 fully saturated rings. The monoisotopic (exact) mass is 239 g/mol. The summed E-state index contributed by atoms with van der Waals surface area (Å²) in [6, 6.07) is 13.7. The first kappa shape index (κ1) is 10.7. The van der Waals surface area contributed by atoms with Crippen molar-refractivity contribution >= 4 is 16.9 Å². The molecule has 90 valence electrons. The van der Waals surface area contributed by atoms with Crippen LogP contribution in [0.3, 0.4) is 0 Å². The van der Waals surface area contributed by atoms with Gasteiger partial charge in [-0.25, -0.2) is 9.67 Å². The zero-order valence-corrected chi connectivity index (χ0v) is 9.99. The molecule has 1 N–H and O–H groups in total. The van der Waals surface area contributed by atoms with Crippen molar-refractivity contribution in [1.82, 2.24) is 20.0 Å². The normalized spacial score (nSPS) is 12.5. The number of hydrogen-bond donors (Lipinski definition) is 1. The molecule has 0 radical (unpaired) electrons. The second-order valence-electron chi connectivity index (χ2n) is 4.06. The quantitative estimate of drug-likeness (QED) is 0.762. The number of aromatic nitrogens is 4. The van der Waals surface area contributed by atoms with E-state index in [1.807, 2.05) is 54.1 Å². The molecule has 3 aromatic rings. The fourth-order valence-electron chi connectivity index (χ4n) is 1.90. The highest BCUT2D eigenvalue weighted by Gasteiger charge is 2.10. The molecule has 2 heterocycles. The van der Waals surface area contributed by atoms with Crippen LogP contribution in [0.4, 0.5) is 5.82 Å². The van der Waals surface area contributed by atoms with Gasteiger partial charge in [0.1, 0.15) is 17.5 Å². The molecule has 0 bridgehead atoms. The average molecular weight is 239 g/mol. The van der Waals surface area contributed by atoms with Crippen LogP contribution in [-0.2, 0) is 0 Å². The van der Waals surface area contributed by atoms with Gasteiger partial charge in [0.15, 0.2) is 0 Å². The van der Waals surface area contributed by atoms with E-state index in [0.717, 1.165) is 16.9 Å². The van der Waals surface area contributed by atoms with Crippen LogP contribution < -0.4 is 5.32 Å². The zero-order valence-electron chi connectivity index (χ0n) is 9.99. The van der Waals surface area contributed by atoms with E-state index in [0.29, 0.717) is 0 Å². The lowest BCUT2D eigenvalue weighted by Crippen LogP contribution is -2.16. The summed E-state index contributed by atoms with van der Waals surface area (Å²) >= 11 is 0. The van der Waals surface area contributed by atoms with Crippen molar-refractivity contribution in [2.24, 2.45) is 0 Å². The molecule has 18 heavy (non-hydrogen) atoms. The average Bonchev–Trinajstić information content (AvgIpc) is 2.84. The Labute approximate surface area is 104 Å². The first-order valence-corrected chi connectivity index (χ1v) is 5.82. The number of nitrogens with one attached hydrogen (secondary N) is 1. The van der Waals surface area contributed by atoms with Gasteiger partial charge < -0.3 is 5.32 Å². The van der Waals surface area contributed by atoms with Crippen LogP contribution in [0.15, 0.2) is 48.7 Å². The van der Waals surface area contributed by atoms with Gasteiger partial charge in [-0.3, -0.25) is 0 Å². The Hall–Kier alpha value is -2.43. The van der Waals surface area contributed by atoms with Crippen LogP contribution >= 0.6 is 0 Å². The van der Waals surface area contributed by atoms with Crippen LogP contribution in [0.2, 0.25) is 0 Å². The topological polar surface area (TPSA) is 55.6 Å². The van der Waals surface area contributed by atoms with Gasteiger partial charge in [-0.2, -0.15) is 0 Å². The van der Waals surface area contributed by atoms with Gasteiger partial charge in [0.2, 0.25) is 0 Å². The molecule has 1 aromatic carbocycles. The highest BCUT2D eigenvalue weighted by molar-refractivity contribution is 5.74. The summed E-state index contributed by atoms with van der Waals surface area (Å²) in [6.45, 7) is 2.02. The van der Waals surface area contributed by atoms with Gasteiger partial charge in [0.25, 0.3) is 0 Å². The van der Waals surface area contributed by atoms with Crippen LogP contribution in [-0.4, -0.2) is 20.0 Å². The number of anilines is 1. The molecule has 0 amide bonds. The zero-order chi connectivity index (χ0) is 12.4. The summed E-state index contributed by atoms with van der Waals surface area (Å²) < 4.78 is 1.85. The van der Waals surface area contributed by atoms with Crippen molar-refractivity contribution in [2.45, 2.75) is 13.1 Å². The summed E-state index contributed by atoms with van der Waals surface area (Å²) in [4.78, 5) is 4.24. The lowest BCUT2D eigenvalue weighted by Gasteiger charge is -2.14. The largest absolute Gasteiger partial charge is 0.349 e. The van der Waals surface area contributed by atoms with Gasteiger partial charge in [0.05, 0.1) is 5.52 Å². The highest BCUT2D eigenvalue weighted by atomic mass is 15.5. The molecule has 3 rings (SSSR count). The minimum atomic E-state index is -0.00713. The predicted octanol–water partition coefficient (Wildman–Crippen LogP) is 2.46. The molecule has 0 aliphatic rings. The number of para-hydroxylation sites is 1. The van der Waals surface area contributed by atoms with E-state index < -0.39 is 0 Å². The van der Waals surface area contributed by atoms with E-state index in [1.165, 1.54) is 0 Å². The number of benzene rings is 1. The van der Waals surface area contributed by atoms with E-state index in [1.54, 1.807) is 6.20 Å². The molecular formula is C13H13N5. The Morgan fingerprint density at radius 2 is 1.94 bits per heavy atom. The number of pyridine rings is 1. The number of nitrogens with zero attached hydrogens (tertiary/aromatic N) is 4. The van der Waals surface area contributed by atoms with Crippen molar-refractivity contribution < 1.29 is 0 Å². The molecule has 0 aliphatic carbocycles. The minimum absolute atomic E-state index is 0.00713. The molecule has 5 nitrogen and oxygen atoms in total. The van der Waals surface area contributed by atoms with Crippen molar-refractivity contribution in [1.29, 1.82) is 0 Å². The Balaban J connectivity index is 1.90. The maximum atomic E-state index is 4.24. The van der Waals surface area contributed by atoms with E-state index in [4.69, 9.17) is 0 Å². The van der Waals surface area contributed by atoms with Crippen molar-refractivity contribution in [3.63, 3.8) is 0 Å². The third-order valence-electron chi connectivity index (χ3n) is 2.77. The Kier molecular flexibility index (Phi) is 2.64. The SMILES string of the molecule is CC(Nc1ccccn1)n1nnc2ccccc21. The van der Waals surface area contributed by atoms with Crippen molar-refractivity contribution in [3.8, 4) is 0 Å². The summed E-state index contributed by atoms with van der Waals surface area (Å²) in [5, 5.41) is 11.6. The lowest BCUT2D eigenvalue weighted by atomic mass is 10.3. The molecule has 1 unspecified atom stereocenters. The minimum Gasteiger partial charge on any atom is -0.349 e. The number of rotatable bonds is 3. The predicted molar refractivity (Wildman–Crippen MR) is 70.1 cm³/mol. The van der Waals surface area contributed by atoms with E-state index in [-0.39, 0.29) is 6.17 Å². The summed E-state index contributed by atoms with van der Waals surface area (Å²) in [5.74, 6) is 0.824. The second-order valence-corrected chi connectivity index (χ2v) is 4.06. The highest BCUT2D eigenvalue weighted by Crippen LogP contribution is 2.16. The molecule has 0 spiro atoms. The van der Waals surface area contributed by atoms with Gasteiger partial charge in [-0.05, 0) is 31.2 Å². The molecule has 5 heteroatoms. The fourth-order valence-corrected chi connectivity index (χ4v) is 1.90. The standard InChI is InChI=1S/C13H13N5/c1-10(15-13-8-4-5-9-14-13)18-12-7-3-2-6-11(12)16-17-18/h2-10H,1H3,(H,14,15). The first-order chi connectivity index (χ1) is 8.84. The Bertz CT molecular complexity index is 647. The summed E-state index contributed by atoms with van der Waals surface area (Å²) in [6.07, 6.45) is 1.75. The Morgan fingerprint density at radius 3 is 2.78 bits per heavy atom.